The topological polar surface area (TPSA) is 161 Å². The molecule has 0 spiro atoms. The Morgan fingerprint density at radius 2 is 2.23 bits per heavy atom. The number of nitrogens with zero attached hydrogens (tertiary/aromatic N) is 6. The van der Waals surface area contributed by atoms with Crippen molar-refractivity contribution in [2.24, 2.45) is 0 Å². The highest BCUT2D eigenvalue weighted by Crippen LogP contribution is 2.29. The van der Waals surface area contributed by atoms with Crippen LogP contribution in [0.5, 0.6) is 0 Å². The second-order valence-electron chi connectivity index (χ2n) is 4.92. The summed E-state index contributed by atoms with van der Waals surface area (Å²) in [5.74, 6) is -2.01. The Labute approximate surface area is 144 Å². The molecule has 26 heavy (non-hydrogen) atoms. The molecule has 0 saturated carbocycles. The maximum Gasteiger partial charge on any atom is 0.306 e. The number of tetrazole rings is 1. The second kappa shape index (κ2) is 5.62. The number of nitrogens with one attached hydrogen (secondary N) is 2. The van der Waals surface area contributed by atoms with Crippen LogP contribution in [0.15, 0.2) is 23.1 Å². The zero-order valence-electron chi connectivity index (χ0n) is 12.3. The number of carbonyl (C=O) groups is 1. The van der Waals surface area contributed by atoms with Crippen molar-refractivity contribution in [1.29, 1.82) is 0 Å². The molecule has 14 heteroatoms. The number of hydrogen-bond acceptors (Lipinski definition) is 9. The molecular formula is C12H5FN8O4S. The van der Waals surface area contributed by atoms with Crippen molar-refractivity contribution in [3.05, 3.63) is 50.2 Å². The number of hydrogen-bond donors (Lipinski definition) is 2. The Bertz CT molecular complexity index is 1250. The number of thiazole rings is 1. The molecule has 0 bridgehead atoms. The molecule has 0 aliphatic heterocycles. The summed E-state index contributed by atoms with van der Waals surface area (Å²) in [4.78, 5) is 39.1. The van der Waals surface area contributed by atoms with Crippen LogP contribution in [-0.2, 0) is 0 Å². The van der Waals surface area contributed by atoms with Crippen molar-refractivity contribution in [2.45, 2.75) is 0 Å². The lowest BCUT2D eigenvalue weighted by Gasteiger charge is -2.01. The highest BCUT2D eigenvalue weighted by molar-refractivity contribution is 7.23. The highest BCUT2D eigenvalue weighted by atomic mass is 32.1. The van der Waals surface area contributed by atoms with E-state index in [4.69, 9.17) is 0 Å². The zero-order chi connectivity index (χ0) is 18.4. The van der Waals surface area contributed by atoms with Crippen molar-refractivity contribution >= 4 is 44.1 Å². The Morgan fingerprint density at radius 3 is 2.92 bits per heavy atom. The average Bonchev–Trinajstić information content (AvgIpc) is 3.21. The van der Waals surface area contributed by atoms with E-state index in [9.17, 15) is 24.1 Å². The van der Waals surface area contributed by atoms with Gasteiger partial charge in [0.05, 0.1) is 15.1 Å². The second-order valence-corrected chi connectivity index (χ2v) is 5.92. The number of nitro benzene ring substituents is 1. The Hall–Kier alpha value is -3.81. The number of nitro groups is 1. The Balaban J connectivity index is 1.92. The number of aromatic amines is 1. The van der Waals surface area contributed by atoms with E-state index in [2.05, 4.69) is 30.9 Å². The molecule has 1 amide bonds. The van der Waals surface area contributed by atoms with Gasteiger partial charge in [0.15, 0.2) is 4.96 Å². The van der Waals surface area contributed by atoms with Crippen LogP contribution in [0.4, 0.5) is 16.0 Å². The monoisotopic (exact) mass is 376 g/mol. The predicted molar refractivity (Wildman–Crippen MR) is 85.6 cm³/mol. The fourth-order valence-corrected chi connectivity index (χ4v) is 3.28. The van der Waals surface area contributed by atoms with E-state index in [0.29, 0.717) is 0 Å². The van der Waals surface area contributed by atoms with Gasteiger partial charge in [0, 0.05) is 18.3 Å². The Kier molecular flexibility index (Phi) is 3.40. The lowest BCUT2D eigenvalue weighted by Crippen LogP contribution is -2.26. The molecule has 0 aliphatic rings. The van der Waals surface area contributed by atoms with Crippen LogP contribution in [-0.4, -0.2) is 40.8 Å². The van der Waals surface area contributed by atoms with Crippen molar-refractivity contribution in [2.75, 3.05) is 5.32 Å². The molecule has 0 unspecified atom stereocenters. The normalized spacial score (nSPS) is 11.1. The average molecular weight is 376 g/mol. The number of amides is 1. The summed E-state index contributed by atoms with van der Waals surface area (Å²) in [6.45, 7) is 0. The number of halogens is 1. The van der Waals surface area contributed by atoms with Crippen LogP contribution in [0.1, 0.15) is 10.4 Å². The fourth-order valence-electron chi connectivity index (χ4n) is 2.29. The van der Waals surface area contributed by atoms with Gasteiger partial charge >= 0.3 is 5.69 Å². The minimum Gasteiger partial charge on any atom is -0.288 e. The molecule has 3 heterocycles. The molecule has 0 radical (unpaired) electrons. The molecule has 1 aromatic carbocycles. The van der Waals surface area contributed by atoms with Gasteiger partial charge in [-0.15, -0.1) is 5.10 Å². The SMILES string of the molecule is O=C(Nc1nn[nH]n1)c1cnc2sc3cc(F)c([N+](=O)[O-])cc3n2c1=O. The number of fused-ring (bicyclic) bond motifs is 3. The summed E-state index contributed by atoms with van der Waals surface area (Å²) < 4.78 is 15.1. The van der Waals surface area contributed by atoms with Gasteiger partial charge in [-0.25, -0.2) is 9.38 Å². The number of carbonyl (C=O) groups excluding carboxylic acids is 1. The summed E-state index contributed by atoms with van der Waals surface area (Å²) in [5.41, 5.74) is -1.84. The summed E-state index contributed by atoms with van der Waals surface area (Å²) in [7, 11) is 0. The molecule has 4 aromatic rings. The van der Waals surface area contributed by atoms with E-state index in [1.165, 1.54) is 0 Å². The molecule has 4 rings (SSSR count). The lowest BCUT2D eigenvalue weighted by molar-refractivity contribution is -0.387. The first kappa shape index (κ1) is 15.7. The third-order valence-electron chi connectivity index (χ3n) is 3.41. The van der Waals surface area contributed by atoms with Gasteiger partial charge in [-0.3, -0.25) is 25.0 Å². The van der Waals surface area contributed by atoms with Crippen LogP contribution in [0.2, 0.25) is 0 Å². The first-order valence-electron chi connectivity index (χ1n) is 6.78. The van der Waals surface area contributed by atoms with Crippen LogP contribution >= 0.6 is 11.3 Å². The van der Waals surface area contributed by atoms with E-state index in [1.54, 1.807) is 0 Å². The van der Waals surface area contributed by atoms with Crippen LogP contribution < -0.4 is 10.9 Å². The van der Waals surface area contributed by atoms with Crippen LogP contribution in [0.3, 0.4) is 0 Å². The van der Waals surface area contributed by atoms with Crippen molar-refractivity contribution in [3.63, 3.8) is 0 Å². The zero-order valence-corrected chi connectivity index (χ0v) is 13.2. The number of aromatic nitrogens is 6. The van der Waals surface area contributed by atoms with Gasteiger partial charge in [0.2, 0.25) is 5.82 Å². The standard InChI is InChI=1S/C12H5FN8O4S/c13-5-1-8-7(2-6(5)21(24)25)20-10(23)4(3-14-12(20)26-8)9(22)15-11-16-18-19-17-11/h1-3H,(H2,15,16,17,18,19,22). The predicted octanol–water partition coefficient (Wildman–Crippen LogP) is 0.722. The highest BCUT2D eigenvalue weighted by Gasteiger charge is 2.21. The maximum atomic E-state index is 13.8. The summed E-state index contributed by atoms with van der Waals surface area (Å²) in [6.07, 6.45) is 1.05. The molecule has 0 aliphatic carbocycles. The first-order chi connectivity index (χ1) is 12.5. The van der Waals surface area contributed by atoms with Gasteiger partial charge < -0.3 is 0 Å². The van der Waals surface area contributed by atoms with E-state index in [1.807, 2.05) is 0 Å². The van der Waals surface area contributed by atoms with Gasteiger partial charge in [-0.2, -0.15) is 9.60 Å². The molecule has 12 nitrogen and oxygen atoms in total. The summed E-state index contributed by atoms with van der Waals surface area (Å²) >= 11 is 0.954. The number of rotatable bonds is 3. The lowest BCUT2D eigenvalue weighted by atomic mass is 10.2. The molecule has 0 saturated heterocycles. The maximum absolute atomic E-state index is 13.8. The summed E-state index contributed by atoms with van der Waals surface area (Å²) in [6, 6.07) is 1.88. The van der Waals surface area contributed by atoms with Crippen LogP contribution in [0, 0.1) is 15.9 Å². The first-order valence-corrected chi connectivity index (χ1v) is 7.60. The minimum atomic E-state index is -1.03. The molecule has 3 aromatic heterocycles. The van der Waals surface area contributed by atoms with E-state index in [-0.39, 0.29) is 26.7 Å². The van der Waals surface area contributed by atoms with Crippen molar-refractivity contribution < 1.29 is 14.1 Å². The number of H-pyrrole nitrogens is 1. The molecule has 0 fully saturated rings. The van der Waals surface area contributed by atoms with Crippen LogP contribution in [0.25, 0.3) is 15.2 Å². The smallest absolute Gasteiger partial charge is 0.288 e. The molecule has 2 N–H and O–H groups in total. The molecular weight excluding hydrogens is 371 g/mol. The van der Waals surface area contributed by atoms with E-state index in [0.717, 1.165) is 34.1 Å². The minimum absolute atomic E-state index is 0.0739. The van der Waals surface area contributed by atoms with Gasteiger partial charge in [-0.05, 0) is 5.21 Å². The number of anilines is 1. The largest absolute Gasteiger partial charge is 0.306 e. The summed E-state index contributed by atoms with van der Waals surface area (Å²) in [5, 5.41) is 25.6. The van der Waals surface area contributed by atoms with Crippen molar-refractivity contribution in [3.8, 4) is 0 Å². The van der Waals surface area contributed by atoms with E-state index < -0.39 is 27.9 Å². The Morgan fingerprint density at radius 1 is 1.42 bits per heavy atom. The van der Waals surface area contributed by atoms with Gasteiger partial charge in [0.25, 0.3) is 17.4 Å². The molecule has 0 atom stereocenters. The number of benzene rings is 1. The quantitative estimate of drug-likeness (QED) is 0.390. The van der Waals surface area contributed by atoms with Gasteiger partial charge in [-0.1, -0.05) is 16.4 Å². The third-order valence-corrected chi connectivity index (χ3v) is 4.43. The van der Waals surface area contributed by atoms with Crippen molar-refractivity contribution in [1.82, 2.24) is 30.0 Å². The van der Waals surface area contributed by atoms with E-state index >= 15 is 0 Å². The fraction of sp³-hybridized carbons (Fsp3) is 0. The third kappa shape index (κ3) is 2.35. The molecule has 130 valence electrons. The van der Waals surface area contributed by atoms with Gasteiger partial charge in [0.1, 0.15) is 5.56 Å².